The van der Waals surface area contributed by atoms with Crippen LogP contribution in [0.25, 0.3) is 10.9 Å². The van der Waals surface area contributed by atoms with Crippen molar-refractivity contribution in [2.75, 3.05) is 4.90 Å². The highest BCUT2D eigenvalue weighted by atomic mass is 35.5. The van der Waals surface area contributed by atoms with Gasteiger partial charge >= 0.3 is 0 Å². The molecule has 0 unspecified atom stereocenters. The Kier molecular flexibility index (Phi) is 2.96. The molecule has 5 heteroatoms. The quantitative estimate of drug-likeness (QED) is 0.502. The van der Waals surface area contributed by atoms with Crippen LogP contribution in [0.15, 0.2) is 48.5 Å². The first-order chi connectivity index (χ1) is 11.1. The molecule has 0 bridgehead atoms. The normalized spacial score (nSPS) is 13.7. The zero-order valence-electron chi connectivity index (χ0n) is 12.2. The summed E-state index contributed by atoms with van der Waals surface area (Å²) in [6, 6.07) is 13.9. The molecule has 4 nitrogen and oxygen atoms in total. The lowest BCUT2D eigenvalue weighted by atomic mass is 10.1. The molecule has 0 atom stereocenters. The molecule has 1 aliphatic rings. The Balaban J connectivity index is 1.88. The Morgan fingerprint density at radius 2 is 1.61 bits per heavy atom. The number of halogens is 1. The van der Waals surface area contributed by atoms with E-state index in [4.69, 9.17) is 11.6 Å². The van der Waals surface area contributed by atoms with Crippen LogP contribution < -0.4 is 4.90 Å². The van der Waals surface area contributed by atoms with E-state index in [0.29, 0.717) is 27.5 Å². The van der Waals surface area contributed by atoms with Gasteiger partial charge in [0.1, 0.15) is 5.15 Å². The summed E-state index contributed by atoms with van der Waals surface area (Å²) < 4.78 is 0. The number of carbonyl (C=O) groups is 2. The number of amides is 2. The number of hydrogen-bond acceptors (Lipinski definition) is 3. The Labute approximate surface area is 137 Å². The number of imide groups is 1. The van der Waals surface area contributed by atoms with Gasteiger partial charge < -0.3 is 0 Å². The smallest absolute Gasteiger partial charge is 0.266 e. The van der Waals surface area contributed by atoms with Crippen LogP contribution in [0.3, 0.4) is 0 Å². The predicted octanol–water partition coefficient (Wildman–Crippen LogP) is 4.00. The highest BCUT2D eigenvalue weighted by Gasteiger charge is 2.36. The number of carbonyl (C=O) groups excluding carboxylic acids is 2. The van der Waals surface area contributed by atoms with Crippen LogP contribution in [0, 0.1) is 6.92 Å². The van der Waals surface area contributed by atoms with Crippen molar-refractivity contribution in [1.82, 2.24) is 4.98 Å². The van der Waals surface area contributed by atoms with Gasteiger partial charge in [0.05, 0.1) is 22.3 Å². The maximum Gasteiger partial charge on any atom is 0.266 e. The van der Waals surface area contributed by atoms with Crippen LogP contribution >= 0.6 is 11.6 Å². The van der Waals surface area contributed by atoms with Crippen LogP contribution in [0.2, 0.25) is 5.15 Å². The number of anilines is 1. The standard InChI is InChI=1S/C18H11ClN2O2/c1-10-8-16(19)20-15-9-11(6-7-12(10)15)21-17(22)13-4-2-3-5-14(13)18(21)23/h2-9H,1H3. The number of rotatable bonds is 1. The highest BCUT2D eigenvalue weighted by molar-refractivity contribution is 6.34. The van der Waals surface area contributed by atoms with E-state index in [9.17, 15) is 9.59 Å². The van der Waals surface area contributed by atoms with Gasteiger partial charge in [-0.1, -0.05) is 29.8 Å². The van der Waals surface area contributed by atoms with Crippen molar-refractivity contribution < 1.29 is 9.59 Å². The van der Waals surface area contributed by atoms with Crippen LogP contribution in [-0.4, -0.2) is 16.8 Å². The van der Waals surface area contributed by atoms with Crippen LogP contribution in [0.5, 0.6) is 0 Å². The molecular weight excluding hydrogens is 312 g/mol. The van der Waals surface area contributed by atoms with Gasteiger partial charge in [-0.15, -0.1) is 0 Å². The molecule has 0 saturated carbocycles. The maximum absolute atomic E-state index is 12.5. The Morgan fingerprint density at radius 1 is 0.957 bits per heavy atom. The van der Waals surface area contributed by atoms with E-state index >= 15 is 0 Å². The minimum atomic E-state index is -0.316. The molecule has 112 valence electrons. The van der Waals surface area contributed by atoms with Crippen molar-refractivity contribution >= 4 is 40.0 Å². The molecule has 0 saturated heterocycles. The summed E-state index contributed by atoms with van der Waals surface area (Å²) in [6.45, 7) is 1.94. The highest BCUT2D eigenvalue weighted by Crippen LogP contribution is 2.31. The van der Waals surface area contributed by atoms with Gasteiger partial charge in [0.15, 0.2) is 0 Å². The summed E-state index contributed by atoms with van der Waals surface area (Å²) in [4.78, 5) is 30.5. The average Bonchev–Trinajstić information content (AvgIpc) is 2.78. The summed E-state index contributed by atoms with van der Waals surface area (Å²) >= 11 is 6.01. The lowest BCUT2D eigenvalue weighted by Gasteiger charge is -2.15. The second kappa shape index (κ2) is 4.89. The Morgan fingerprint density at radius 3 is 2.26 bits per heavy atom. The van der Waals surface area contributed by atoms with E-state index in [1.807, 2.05) is 13.0 Å². The number of aromatic nitrogens is 1. The molecule has 1 aromatic heterocycles. The summed E-state index contributed by atoms with van der Waals surface area (Å²) in [5, 5.41) is 1.32. The number of nitrogens with zero attached hydrogens (tertiary/aromatic N) is 2. The molecule has 4 rings (SSSR count). The fraction of sp³-hybridized carbons (Fsp3) is 0.0556. The number of benzene rings is 2. The SMILES string of the molecule is Cc1cc(Cl)nc2cc(N3C(=O)c4ccccc4C3=O)ccc12. The van der Waals surface area contributed by atoms with Gasteiger partial charge in [-0.2, -0.15) is 0 Å². The van der Waals surface area contributed by atoms with Gasteiger partial charge in [-0.25, -0.2) is 9.88 Å². The Hall–Kier alpha value is -2.72. The first-order valence-corrected chi connectivity index (χ1v) is 7.49. The lowest BCUT2D eigenvalue weighted by Crippen LogP contribution is -2.29. The van der Waals surface area contributed by atoms with Crippen molar-refractivity contribution in [1.29, 1.82) is 0 Å². The first-order valence-electron chi connectivity index (χ1n) is 7.11. The number of pyridine rings is 1. The maximum atomic E-state index is 12.5. The van der Waals surface area contributed by atoms with E-state index in [1.54, 1.807) is 42.5 Å². The van der Waals surface area contributed by atoms with Gasteiger partial charge in [0.25, 0.3) is 11.8 Å². The third-order valence-electron chi connectivity index (χ3n) is 4.02. The minimum absolute atomic E-state index is 0.316. The molecule has 2 aromatic carbocycles. The van der Waals surface area contributed by atoms with Gasteiger partial charge in [-0.05, 0) is 42.8 Å². The predicted molar refractivity (Wildman–Crippen MR) is 89.1 cm³/mol. The monoisotopic (exact) mass is 322 g/mol. The van der Waals surface area contributed by atoms with E-state index in [1.165, 1.54) is 4.90 Å². The van der Waals surface area contributed by atoms with Crippen molar-refractivity contribution in [3.63, 3.8) is 0 Å². The number of hydrogen-bond donors (Lipinski definition) is 0. The van der Waals surface area contributed by atoms with E-state index in [2.05, 4.69) is 4.98 Å². The fourth-order valence-corrected chi connectivity index (χ4v) is 3.17. The fourth-order valence-electron chi connectivity index (χ4n) is 2.91. The molecule has 0 radical (unpaired) electrons. The number of fused-ring (bicyclic) bond motifs is 2. The van der Waals surface area contributed by atoms with Gasteiger partial charge in [-0.3, -0.25) is 9.59 Å². The van der Waals surface area contributed by atoms with Crippen molar-refractivity contribution in [2.45, 2.75) is 6.92 Å². The van der Waals surface area contributed by atoms with Crippen molar-refractivity contribution in [2.24, 2.45) is 0 Å². The molecule has 0 spiro atoms. The topological polar surface area (TPSA) is 50.3 Å². The van der Waals surface area contributed by atoms with Crippen LogP contribution in [0.4, 0.5) is 5.69 Å². The van der Waals surface area contributed by atoms with Crippen molar-refractivity contribution in [3.8, 4) is 0 Å². The van der Waals surface area contributed by atoms with E-state index in [0.717, 1.165) is 10.9 Å². The number of aryl methyl sites for hydroxylation is 1. The molecule has 23 heavy (non-hydrogen) atoms. The molecule has 0 aliphatic carbocycles. The van der Waals surface area contributed by atoms with Crippen LogP contribution in [-0.2, 0) is 0 Å². The minimum Gasteiger partial charge on any atom is -0.268 e. The molecule has 0 fully saturated rings. The lowest BCUT2D eigenvalue weighted by molar-refractivity contribution is 0.0926. The second-order valence-corrected chi connectivity index (χ2v) is 5.84. The summed E-state index contributed by atoms with van der Waals surface area (Å²) in [7, 11) is 0. The Bertz CT molecular complexity index is 962. The average molecular weight is 323 g/mol. The molecule has 1 aliphatic heterocycles. The molecular formula is C18H11ClN2O2. The summed E-state index contributed by atoms with van der Waals surface area (Å²) in [6.07, 6.45) is 0. The third kappa shape index (κ3) is 2.03. The van der Waals surface area contributed by atoms with Gasteiger partial charge in [0.2, 0.25) is 0 Å². The van der Waals surface area contributed by atoms with Crippen LogP contribution in [0.1, 0.15) is 26.3 Å². The molecule has 2 heterocycles. The summed E-state index contributed by atoms with van der Waals surface area (Å²) in [5.74, 6) is -0.632. The third-order valence-corrected chi connectivity index (χ3v) is 4.21. The van der Waals surface area contributed by atoms with E-state index < -0.39 is 0 Å². The largest absolute Gasteiger partial charge is 0.268 e. The van der Waals surface area contributed by atoms with Crippen molar-refractivity contribution in [3.05, 3.63) is 70.4 Å². The first kappa shape index (κ1) is 13.9. The van der Waals surface area contributed by atoms with E-state index in [-0.39, 0.29) is 11.8 Å². The summed E-state index contributed by atoms with van der Waals surface area (Å²) in [5.41, 5.74) is 3.00. The zero-order valence-corrected chi connectivity index (χ0v) is 13.0. The second-order valence-electron chi connectivity index (χ2n) is 5.45. The zero-order chi connectivity index (χ0) is 16.1. The molecule has 3 aromatic rings. The molecule has 0 N–H and O–H groups in total. The van der Waals surface area contributed by atoms with Gasteiger partial charge in [0, 0.05) is 5.39 Å². The molecule has 2 amide bonds.